The summed E-state index contributed by atoms with van der Waals surface area (Å²) < 4.78 is 23.1. The SMILES string of the molecule is CCOc1c(OC)cc(-c2nn(CN3CCCCC3)c(=O)o2)cc1OC. The summed E-state index contributed by atoms with van der Waals surface area (Å²) in [5, 5.41) is 4.34. The minimum absolute atomic E-state index is 0.228. The van der Waals surface area contributed by atoms with Crippen molar-refractivity contribution in [3.63, 3.8) is 0 Å². The van der Waals surface area contributed by atoms with Crippen LogP contribution in [-0.4, -0.2) is 48.6 Å². The third-order valence-electron chi connectivity index (χ3n) is 4.39. The van der Waals surface area contributed by atoms with Crippen LogP contribution in [0.2, 0.25) is 0 Å². The Balaban J connectivity index is 1.91. The van der Waals surface area contributed by atoms with Gasteiger partial charge >= 0.3 is 5.76 Å². The predicted molar refractivity (Wildman–Crippen MR) is 95.9 cm³/mol. The normalized spacial score (nSPS) is 15.0. The molecule has 142 valence electrons. The number of ether oxygens (including phenoxy) is 3. The number of methoxy groups -OCH3 is 2. The number of hydrogen-bond acceptors (Lipinski definition) is 7. The van der Waals surface area contributed by atoms with Gasteiger partial charge in [-0.25, -0.2) is 4.79 Å². The van der Waals surface area contributed by atoms with E-state index in [-0.39, 0.29) is 5.89 Å². The van der Waals surface area contributed by atoms with Crippen molar-refractivity contribution in [2.24, 2.45) is 0 Å². The summed E-state index contributed by atoms with van der Waals surface area (Å²) in [5.74, 6) is 1.25. The monoisotopic (exact) mass is 363 g/mol. The van der Waals surface area contributed by atoms with Gasteiger partial charge in [0.15, 0.2) is 11.5 Å². The molecule has 1 fully saturated rings. The fourth-order valence-corrected chi connectivity index (χ4v) is 3.09. The first kappa shape index (κ1) is 18.3. The highest BCUT2D eigenvalue weighted by Gasteiger charge is 2.20. The first-order valence-corrected chi connectivity index (χ1v) is 8.85. The van der Waals surface area contributed by atoms with Gasteiger partial charge in [-0.1, -0.05) is 6.42 Å². The van der Waals surface area contributed by atoms with Crippen LogP contribution in [0.5, 0.6) is 17.2 Å². The Morgan fingerprint density at radius 3 is 2.35 bits per heavy atom. The molecular formula is C18H25N3O5. The maximum atomic E-state index is 12.2. The summed E-state index contributed by atoms with van der Waals surface area (Å²) in [4.78, 5) is 14.4. The van der Waals surface area contributed by atoms with E-state index in [4.69, 9.17) is 18.6 Å². The molecule has 0 spiro atoms. The molecule has 1 aliphatic heterocycles. The van der Waals surface area contributed by atoms with E-state index in [0.717, 1.165) is 25.9 Å². The lowest BCUT2D eigenvalue weighted by Gasteiger charge is -2.25. The Bertz CT molecular complexity index is 767. The molecular weight excluding hydrogens is 338 g/mol. The molecule has 1 aromatic carbocycles. The minimum Gasteiger partial charge on any atom is -0.493 e. The number of rotatable bonds is 7. The Morgan fingerprint density at radius 2 is 1.77 bits per heavy atom. The van der Waals surface area contributed by atoms with Crippen LogP contribution in [0.25, 0.3) is 11.5 Å². The highest BCUT2D eigenvalue weighted by Crippen LogP contribution is 2.40. The lowest BCUT2D eigenvalue weighted by molar-refractivity contribution is 0.168. The largest absolute Gasteiger partial charge is 0.493 e. The van der Waals surface area contributed by atoms with Crippen LogP contribution in [0, 0.1) is 0 Å². The van der Waals surface area contributed by atoms with Crippen molar-refractivity contribution in [3.8, 4) is 28.7 Å². The number of benzene rings is 1. The van der Waals surface area contributed by atoms with E-state index in [0.29, 0.717) is 36.1 Å². The predicted octanol–water partition coefficient (Wildman–Crippen LogP) is 2.36. The van der Waals surface area contributed by atoms with E-state index in [2.05, 4.69) is 10.00 Å². The van der Waals surface area contributed by atoms with Gasteiger partial charge in [0.25, 0.3) is 0 Å². The molecule has 8 nitrogen and oxygen atoms in total. The first-order valence-electron chi connectivity index (χ1n) is 8.85. The maximum Gasteiger partial charge on any atom is 0.438 e. The summed E-state index contributed by atoms with van der Waals surface area (Å²) >= 11 is 0. The van der Waals surface area contributed by atoms with Crippen LogP contribution >= 0.6 is 0 Å². The van der Waals surface area contributed by atoms with Crippen molar-refractivity contribution in [3.05, 3.63) is 22.7 Å². The smallest absolute Gasteiger partial charge is 0.438 e. The fraction of sp³-hybridized carbons (Fsp3) is 0.556. The van der Waals surface area contributed by atoms with Gasteiger partial charge in [0.2, 0.25) is 11.6 Å². The van der Waals surface area contributed by atoms with Crippen molar-refractivity contribution in [1.82, 2.24) is 14.7 Å². The molecule has 1 aromatic heterocycles. The zero-order chi connectivity index (χ0) is 18.5. The number of likely N-dealkylation sites (tertiary alicyclic amines) is 1. The van der Waals surface area contributed by atoms with Gasteiger partial charge in [-0.05, 0) is 45.0 Å². The van der Waals surface area contributed by atoms with Gasteiger partial charge in [0.1, 0.15) is 6.67 Å². The molecule has 0 aliphatic carbocycles. The minimum atomic E-state index is -0.475. The molecule has 3 rings (SSSR count). The van der Waals surface area contributed by atoms with Gasteiger partial charge in [-0.3, -0.25) is 4.90 Å². The fourth-order valence-electron chi connectivity index (χ4n) is 3.09. The van der Waals surface area contributed by atoms with E-state index in [1.54, 1.807) is 26.4 Å². The van der Waals surface area contributed by atoms with Crippen molar-refractivity contribution in [1.29, 1.82) is 0 Å². The van der Waals surface area contributed by atoms with Crippen molar-refractivity contribution < 1.29 is 18.6 Å². The standard InChI is InChI=1S/C18H25N3O5/c1-4-25-16-14(23-2)10-13(11-15(16)24-3)17-19-21(18(22)26-17)12-20-8-6-5-7-9-20/h10-11H,4-9,12H2,1-3H3. The lowest BCUT2D eigenvalue weighted by Crippen LogP contribution is -2.35. The molecule has 0 bridgehead atoms. The number of piperidine rings is 1. The van der Waals surface area contributed by atoms with E-state index < -0.39 is 5.76 Å². The first-order chi connectivity index (χ1) is 12.7. The van der Waals surface area contributed by atoms with Gasteiger partial charge in [0.05, 0.1) is 20.8 Å². The Kier molecular flexibility index (Phi) is 5.82. The quantitative estimate of drug-likeness (QED) is 0.747. The number of aromatic nitrogens is 2. The van der Waals surface area contributed by atoms with Crippen LogP contribution in [0.4, 0.5) is 0 Å². The molecule has 0 N–H and O–H groups in total. The highest BCUT2D eigenvalue weighted by molar-refractivity contribution is 5.65. The van der Waals surface area contributed by atoms with Gasteiger partial charge in [-0.2, -0.15) is 4.68 Å². The van der Waals surface area contributed by atoms with Crippen LogP contribution < -0.4 is 20.0 Å². The summed E-state index contributed by atoms with van der Waals surface area (Å²) in [6, 6.07) is 3.45. The second-order valence-electron chi connectivity index (χ2n) is 6.14. The molecule has 2 heterocycles. The molecule has 2 aromatic rings. The van der Waals surface area contributed by atoms with E-state index in [9.17, 15) is 4.79 Å². The second-order valence-corrected chi connectivity index (χ2v) is 6.14. The molecule has 1 aliphatic rings. The van der Waals surface area contributed by atoms with Gasteiger partial charge in [-0.15, -0.1) is 5.10 Å². The number of nitrogens with zero attached hydrogens (tertiary/aromatic N) is 3. The van der Waals surface area contributed by atoms with Crippen LogP contribution in [0.3, 0.4) is 0 Å². The van der Waals surface area contributed by atoms with E-state index in [1.165, 1.54) is 11.1 Å². The van der Waals surface area contributed by atoms with Crippen molar-refractivity contribution in [2.75, 3.05) is 33.9 Å². The average molecular weight is 363 g/mol. The topological polar surface area (TPSA) is 79.0 Å². The number of hydrogen-bond donors (Lipinski definition) is 0. The molecule has 0 amide bonds. The third-order valence-corrected chi connectivity index (χ3v) is 4.39. The summed E-state index contributed by atoms with van der Waals surface area (Å²) in [6.07, 6.45) is 3.53. The zero-order valence-corrected chi connectivity index (χ0v) is 15.5. The molecule has 26 heavy (non-hydrogen) atoms. The molecule has 0 unspecified atom stereocenters. The van der Waals surface area contributed by atoms with E-state index >= 15 is 0 Å². The summed E-state index contributed by atoms with van der Waals surface area (Å²) in [7, 11) is 3.10. The second kappa shape index (κ2) is 8.27. The van der Waals surface area contributed by atoms with Crippen molar-refractivity contribution >= 4 is 0 Å². The van der Waals surface area contributed by atoms with E-state index in [1.807, 2.05) is 6.92 Å². The van der Waals surface area contributed by atoms with Crippen LogP contribution in [-0.2, 0) is 6.67 Å². The van der Waals surface area contributed by atoms with Gasteiger partial charge in [0, 0.05) is 5.56 Å². The molecule has 0 saturated carbocycles. The molecule has 0 radical (unpaired) electrons. The lowest BCUT2D eigenvalue weighted by atomic mass is 10.1. The van der Waals surface area contributed by atoms with Gasteiger partial charge < -0.3 is 18.6 Å². The third kappa shape index (κ3) is 3.85. The molecule has 0 atom stereocenters. The molecule has 1 saturated heterocycles. The highest BCUT2D eigenvalue weighted by atomic mass is 16.5. The molecule has 8 heteroatoms. The van der Waals surface area contributed by atoms with Crippen LogP contribution in [0.15, 0.2) is 21.3 Å². The maximum absolute atomic E-state index is 12.2. The Morgan fingerprint density at radius 1 is 1.12 bits per heavy atom. The summed E-state index contributed by atoms with van der Waals surface area (Å²) in [6.45, 7) is 4.74. The zero-order valence-electron chi connectivity index (χ0n) is 15.5. The Hall–Kier alpha value is -2.48. The average Bonchev–Trinajstić information content (AvgIpc) is 3.03. The Labute approximate surface area is 152 Å². The van der Waals surface area contributed by atoms with Crippen LogP contribution in [0.1, 0.15) is 26.2 Å². The van der Waals surface area contributed by atoms with Crippen molar-refractivity contribution in [2.45, 2.75) is 32.9 Å². The summed E-state index contributed by atoms with van der Waals surface area (Å²) in [5.41, 5.74) is 0.594.